The van der Waals surface area contributed by atoms with E-state index in [-0.39, 0.29) is 5.92 Å². The van der Waals surface area contributed by atoms with Crippen molar-refractivity contribution >= 4 is 0 Å². The van der Waals surface area contributed by atoms with E-state index < -0.39 is 5.60 Å². The fraction of sp³-hybridized carbons (Fsp3) is 0.400. The van der Waals surface area contributed by atoms with Crippen molar-refractivity contribution in [2.24, 2.45) is 5.92 Å². The first-order valence-electron chi connectivity index (χ1n) is 8.14. The van der Waals surface area contributed by atoms with Crippen LogP contribution in [0.1, 0.15) is 30.0 Å². The van der Waals surface area contributed by atoms with Gasteiger partial charge in [0.25, 0.3) is 0 Å². The third kappa shape index (κ3) is 3.08. The zero-order valence-electron chi connectivity index (χ0n) is 13.5. The smallest absolute Gasteiger partial charge is 0.0946 e. The molecule has 2 aromatic rings. The van der Waals surface area contributed by atoms with Crippen LogP contribution in [-0.2, 0) is 12.1 Å². The van der Waals surface area contributed by atoms with Gasteiger partial charge in [0.1, 0.15) is 0 Å². The molecule has 0 saturated carbocycles. The number of rotatable bonds is 3. The molecule has 2 nitrogen and oxygen atoms in total. The minimum atomic E-state index is -0.695. The van der Waals surface area contributed by atoms with Crippen molar-refractivity contribution in [2.75, 3.05) is 13.1 Å². The lowest BCUT2D eigenvalue weighted by molar-refractivity contribution is -0.0728. The monoisotopic (exact) mass is 295 g/mol. The maximum absolute atomic E-state index is 11.2. The van der Waals surface area contributed by atoms with Crippen molar-refractivity contribution in [1.82, 2.24) is 4.90 Å². The minimum Gasteiger partial charge on any atom is -0.385 e. The number of aliphatic hydroxyl groups is 1. The Morgan fingerprint density at radius 2 is 1.91 bits per heavy atom. The lowest BCUT2D eigenvalue weighted by atomic mass is 9.76. The summed E-state index contributed by atoms with van der Waals surface area (Å²) < 4.78 is 0. The molecule has 3 rings (SSSR count). The van der Waals surface area contributed by atoms with Gasteiger partial charge in [-0.05, 0) is 24.5 Å². The Balaban J connectivity index is 1.72. The summed E-state index contributed by atoms with van der Waals surface area (Å²) in [6.07, 6.45) is 0.796. The summed E-state index contributed by atoms with van der Waals surface area (Å²) in [6.45, 7) is 7.08. The molecule has 0 bridgehead atoms. The quantitative estimate of drug-likeness (QED) is 0.933. The first-order valence-corrected chi connectivity index (χ1v) is 8.14. The molecular formula is C20H25NO. The van der Waals surface area contributed by atoms with Crippen molar-refractivity contribution in [2.45, 2.75) is 32.4 Å². The minimum absolute atomic E-state index is 0.228. The molecule has 1 N–H and O–H groups in total. The fourth-order valence-corrected chi connectivity index (χ4v) is 3.53. The number of aryl methyl sites for hydroxylation is 1. The van der Waals surface area contributed by atoms with Crippen LogP contribution in [0.4, 0.5) is 0 Å². The molecule has 1 fully saturated rings. The SMILES string of the molecule is Cc1cccc(C2(O)CCN(Cc3ccccc3)CC2C)c1. The van der Waals surface area contributed by atoms with E-state index in [1.165, 1.54) is 11.1 Å². The molecule has 2 heteroatoms. The van der Waals surface area contributed by atoms with Gasteiger partial charge in [-0.15, -0.1) is 0 Å². The van der Waals surface area contributed by atoms with E-state index >= 15 is 0 Å². The van der Waals surface area contributed by atoms with Gasteiger partial charge in [-0.1, -0.05) is 67.1 Å². The van der Waals surface area contributed by atoms with Crippen LogP contribution in [0.5, 0.6) is 0 Å². The van der Waals surface area contributed by atoms with Crippen LogP contribution in [-0.4, -0.2) is 23.1 Å². The highest BCUT2D eigenvalue weighted by Crippen LogP contribution is 2.37. The molecule has 1 heterocycles. The summed E-state index contributed by atoms with van der Waals surface area (Å²) in [6, 6.07) is 18.9. The highest BCUT2D eigenvalue weighted by Gasteiger charge is 2.40. The number of hydrogen-bond acceptors (Lipinski definition) is 2. The average Bonchev–Trinajstić information content (AvgIpc) is 2.52. The topological polar surface area (TPSA) is 23.5 Å². The summed E-state index contributed by atoms with van der Waals surface area (Å²) in [7, 11) is 0. The molecule has 1 aliphatic heterocycles. The second-order valence-corrected chi connectivity index (χ2v) is 6.67. The Bertz CT molecular complexity index is 625. The first kappa shape index (κ1) is 15.3. The lowest BCUT2D eigenvalue weighted by Crippen LogP contribution is -2.48. The summed E-state index contributed by atoms with van der Waals surface area (Å²) in [5.41, 5.74) is 2.93. The van der Waals surface area contributed by atoms with Gasteiger partial charge in [-0.25, -0.2) is 0 Å². The molecule has 2 unspecified atom stereocenters. The van der Waals surface area contributed by atoms with E-state index in [2.05, 4.69) is 67.3 Å². The second-order valence-electron chi connectivity index (χ2n) is 6.67. The third-order valence-electron chi connectivity index (χ3n) is 4.92. The maximum atomic E-state index is 11.2. The van der Waals surface area contributed by atoms with Crippen LogP contribution in [0, 0.1) is 12.8 Å². The van der Waals surface area contributed by atoms with Crippen LogP contribution in [0.2, 0.25) is 0 Å². The van der Waals surface area contributed by atoms with E-state index in [0.29, 0.717) is 0 Å². The largest absolute Gasteiger partial charge is 0.385 e. The highest BCUT2D eigenvalue weighted by atomic mass is 16.3. The molecular weight excluding hydrogens is 270 g/mol. The molecule has 0 radical (unpaired) electrons. The number of piperidine rings is 1. The average molecular weight is 295 g/mol. The van der Waals surface area contributed by atoms with Gasteiger partial charge in [0, 0.05) is 25.6 Å². The normalized spacial score (nSPS) is 26.0. The van der Waals surface area contributed by atoms with Crippen molar-refractivity contribution in [3.05, 3.63) is 71.3 Å². The van der Waals surface area contributed by atoms with Crippen molar-refractivity contribution in [3.63, 3.8) is 0 Å². The van der Waals surface area contributed by atoms with Crippen LogP contribution in [0.25, 0.3) is 0 Å². The zero-order valence-corrected chi connectivity index (χ0v) is 13.5. The van der Waals surface area contributed by atoms with Gasteiger partial charge in [-0.3, -0.25) is 4.90 Å². The number of benzene rings is 2. The van der Waals surface area contributed by atoms with Crippen molar-refractivity contribution < 1.29 is 5.11 Å². The van der Waals surface area contributed by atoms with E-state index in [1.54, 1.807) is 0 Å². The van der Waals surface area contributed by atoms with Gasteiger partial charge in [-0.2, -0.15) is 0 Å². The van der Waals surface area contributed by atoms with E-state index in [1.807, 2.05) is 6.07 Å². The molecule has 2 aromatic carbocycles. The van der Waals surface area contributed by atoms with Gasteiger partial charge in [0.05, 0.1) is 5.60 Å². The summed E-state index contributed by atoms with van der Waals surface area (Å²) >= 11 is 0. The zero-order chi connectivity index (χ0) is 15.6. The molecule has 22 heavy (non-hydrogen) atoms. The number of nitrogens with zero attached hydrogens (tertiary/aromatic N) is 1. The second kappa shape index (κ2) is 6.23. The van der Waals surface area contributed by atoms with Gasteiger partial charge in [0.15, 0.2) is 0 Å². The standard InChI is InChI=1S/C20H25NO/c1-16-7-6-10-19(13-16)20(22)11-12-21(14-17(20)2)15-18-8-4-3-5-9-18/h3-10,13,17,22H,11-12,14-15H2,1-2H3. The molecule has 0 aromatic heterocycles. The van der Waals surface area contributed by atoms with E-state index in [9.17, 15) is 5.11 Å². The molecule has 0 spiro atoms. The Hall–Kier alpha value is -1.64. The molecule has 0 amide bonds. The van der Waals surface area contributed by atoms with Crippen molar-refractivity contribution in [1.29, 1.82) is 0 Å². The number of hydrogen-bond donors (Lipinski definition) is 1. The van der Waals surface area contributed by atoms with E-state index in [4.69, 9.17) is 0 Å². The van der Waals surface area contributed by atoms with Crippen LogP contribution >= 0.6 is 0 Å². The fourth-order valence-electron chi connectivity index (χ4n) is 3.53. The van der Waals surface area contributed by atoms with Crippen molar-refractivity contribution in [3.8, 4) is 0 Å². The molecule has 1 saturated heterocycles. The van der Waals surface area contributed by atoms with Crippen LogP contribution < -0.4 is 0 Å². The predicted molar refractivity (Wildman–Crippen MR) is 90.6 cm³/mol. The van der Waals surface area contributed by atoms with Gasteiger partial charge in [0.2, 0.25) is 0 Å². The summed E-state index contributed by atoms with van der Waals surface area (Å²) in [4.78, 5) is 2.45. The first-order chi connectivity index (χ1) is 10.6. The molecule has 0 aliphatic carbocycles. The maximum Gasteiger partial charge on any atom is 0.0946 e. The van der Waals surface area contributed by atoms with Crippen LogP contribution in [0.3, 0.4) is 0 Å². The lowest BCUT2D eigenvalue weighted by Gasteiger charge is -2.43. The van der Waals surface area contributed by atoms with Gasteiger partial charge < -0.3 is 5.11 Å². The number of likely N-dealkylation sites (tertiary alicyclic amines) is 1. The molecule has 2 atom stereocenters. The van der Waals surface area contributed by atoms with E-state index in [0.717, 1.165) is 31.6 Å². The Labute approximate surface area is 133 Å². The molecule has 1 aliphatic rings. The highest BCUT2D eigenvalue weighted by molar-refractivity contribution is 5.29. The summed E-state index contributed by atoms with van der Waals surface area (Å²) in [5.74, 6) is 0.228. The third-order valence-corrected chi connectivity index (χ3v) is 4.92. The molecule has 116 valence electrons. The predicted octanol–water partition coefficient (Wildman–Crippen LogP) is 3.72. The Kier molecular flexibility index (Phi) is 4.32. The van der Waals surface area contributed by atoms with Gasteiger partial charge >= 0.3 is 0 Å². The van der Waals surface area contributed by atoms with Crippen LogP contribution in [0.15, 0.2) is 54.6 Å². The Morgan fingerprint density at radius 1 is 1.14 bits per heavy atom. The Morgan fingerprint density at radius 3 is 2.59 bits per heavy atom. The summed E-state index contributed by atoms with van der Waals surface area (Å²) in [5, 5.41) is 11.2.